The average Bonchev–Trinajstić information content (AvgIpc) is 3.27. The normalized spacial score (nSPS) is 12.7. The Labute approximate surface area is 211 Å². The van der Waals surface area contributed by atoms with Gasteiger partial charge in [0.1, 0.15) is 29.0 Å². The molecular formula is C26H32N2O7S. The van der Waals surface area contributed by atoms with Crippen molar-refractivity contribution >= 4 is 15.7 Å². The Morgan fingerprint density at radius 3 is 2.33 bits per heavy atom. The molecule has 1 heterocycles. The predicted octanol–water partition coefficient (Wildman–Crippen LogP) is 3.79. The largest absolute Gasteiger partial charge is 0.488 e. The molecule has 1 amide bonds. The lowest BCUT2D eigenvalue weighted by atomic mass is 10.1. The SMILES string of the molecule is COC[C@H](C)Oc1cc(Oc2ccc(S(C)(=O)=O)cc2)cc(-c2ccc(C(=O)NCC(C)(C)O)[nH]2)c1. The Hall–Kier alpha value is -3.34. The summed E-state index contributed by atoms with van der Waals surface area (Å²) in [5.74, 6) is 1.10. The quantitative estimate of drug-likeness (QED) is 0.354. The predicted molar refractivity (Wildman–Crippen MR) is 136 cm³/mol. The van der Waals surface area contributed by atoms with E-state index in [-0.39, 0.29) is 23.5 Å². The molecule has 3 rings (SSSR count). The first kappa shape index (κ1) is 27.3. The third kappa shape index (κ3) is 7.84. The van der Waals surface area contributed by atoms with Crippen molar-refractivity contribution < 1.29 is 32.5 Å². The van der Waals surface area contributed by atoms with Crippen LogP contribution in [0.1, 0.15) is 31.3 Å². The molecule has 36 heavy (non-hydrogen) atoms. The van der Waals surface area contributed by atoms with Gasteiger partial charge in [0.2, 0.25) is 0 Å². The van der Waals surface area contributed by atoms with E-state index in [1.54, 1.807) is 57.4 Å². The van der Waals surface area contributed by atoms with Gasteiger partial charge < -0.3 is 29.6 Å². The van der Waals surface area contributed by atoms with Crippen LogP contribution >= 0.6 is 0 Å². The van der Waals surface area contributed by atoms with Gasteiger partial charge in [-0.3, -0.25) is 4.79 Å². The number of aromatic nitrogens is 1. The minimum Gasteiger partial charge on any atom is -0.488 e. The summed E-state index contributed by atoms with van der Waals surface area (Å²) in [7, 11) is -1.72. The van der Waals surface area contributed by atoms with Crippen molar-refractivity contribution in [2.75, 3.05) is 26.5 Å². The Morgan fingerprint density at radius 2 is 1.72 bits per heavy atom. The van der Waals surface area contributed by atoms with E-state index < -0.39 is 15.4 Å². The minimum atomic E-state index is -3.32. The Balaban J connectivity index is 1.89. The van der Waals surface area contributed by atoms with Gasteiger partial charge in [-0.2, -0.15) is 0 Å². The van der Waals surface area contributed by atoms with Crippen molar-refractivity contribution in [1.82, 2.24) is 10.3 Å². The maximum absolute atomic E-state index is 12.5. The monoisotopic (exact) mass is 516 g/mol. The van der Waals surface area contributed by atoms with Crippen LogP contribution in [-0.4, -0.2) is 62.6 Å². The molecule has 0 bridgehead atoms. The zero-order chi connectivity index (χ0) is 26.5. The lowest BCUT2D eigenvalue weighted by molar-refractivity contribution is 0.0692. The Bertz CT molecular complexity index is 1290. The first-order chi connectivity index (χ1) is 16.8. The molecule has 0 saturated heterocycles. The maximum atomic E-state index is 12.5. The van der Waals surface area contributed by atoms with Crippen LogP contribution in [0.5, 0.6) is 17.2 Å². The lowest BCUT2D eigenvalue weighted by Crippen LogP contribution is -2.38. The Morgan fingerprint density at radius 1 is 1.06 bits per heavy atom. The molecule has 0 spiro atoms. The van der Waals surface area contributed by atoms with Crippen molar-refractivity contribution in [2.24, 2.45) is 0 Å². The van der Waals surface area contributed by atoms with Gasteiger partial charge in [0, 0.05) is 37.2 Å². The minimum absolute atomic E-state index is 0.108. The van der Waals surface area contributed by atoms with E-state index in [2.05, 4.69) is 10.3 Å². The number of H-pyrrole nitrogens is 1. The Kier molecular flexibility index (Phi) is 8.44. The summed E-state index contributed by atoms with van der Waals surface area (Å²) in [6.07, 6.45) is 0.922. The number of ether oxygens (including phenoxy) is 3. The summed E-state index contributed by atoms with van der Waals surface area (Å²) in [4.78, 5) is 15.8. The van der Waals surface area contributed by atoms with E-state index in [4.69, 9.17) is 14.2 Å². The molecule has 3 N–H and O–H groups in total. The molecule has 2 aromatic carbocycles. The van der Waals surface area contributed by atoms with Gasteiger partial charge in [0.25, 0.3) is 5.91 Å². The number of sulfone groups is 1. The number of aromatic amines is 1. The highest BCUT2D eigenvalue weighted by molar-refractivity contribution is 7.90. The van der Waals surface area contributed by atoms with Crippen LogP contribution in [0.25, 0.3) is 11.3 Å². The van der Waals surface area contributed by atoms with Gasteiger partial charge >= 0.3 is 0 Å². The highest BCUT2D eigenvalue weighted by atomic mass is 32.2. The summed E-state index contributed by atoms with van der Waals surface area (Å²) < 4.78 is 40.6. The lowest BCUT2D eigenvalue weighted by Gasteiger charge is -2.17. The number of aliphatic hydroxyl groups is 1. The standard InChI is InChI=1S/C26H32N2O7S/c1-17(15-33-4)34-20-12-18(23-10-11-24(28-23)25(29)27-16-26(2,3)30)13-21(14-20)35-19-6-8-22(9-7-19)36(5,31)32/h6-14,17,28,30H,15-16H2,1-5H3,(H,27,29)/t17-/m0/s1. The van der Waals surface area contributed by atoms with E-state index in [0.717, 1.165) is 6.26 Å². The number of benzene rings is 2. The summed E-state index contributed by atoms with van der Waals surface area (Å²) in [6, 6.07) is 14.9. The van der Waals surface area contributed by atoms with Crippen molar-refractivity contribution in [3.8, 4) is 28.5 Å². The molecule has 0 unspecified atom stereocenters. The molecule has 0 saturated carbocycles. The fourth-order valence-electron chi connectivity index (χ4n) is 3.33. The molecule has 0 aliphatic heterocycles. The molecule has 0 aliphatic carbocycles. The number of rotatable bonds is 11. The first-order valence-electron chi connectivity index (χ1n) is 11.3. The van der Waals surface area contributed by atoms with Gasteiger partial charge in [0.05, 0.1) is 17.1 Å². The van der Waals surface area contributed by atoms with E-state index in [1.807, 2.05) is 13.0 Å². The van der Waals surface area contributed by atoms with Gasteiger partial charge in [-0.25, -0.2) is 8.42 Å². The molecule has 1 aromatic heterocycles. The van der Waals surface area contributed by atoms with Crippen molar-refractivity contribution in [3.05, 3.63) is 60.3 Å². The van der Waals surface area contributed by atoms with Crippen LogP contribution in [0.3, 0.4) is 0 Å². The third-order valence-electron chi connectivity index (χ3n) is 5.03. The number of carbonyl (C=O) groups is 1. The average molecular weight is 517 g/mol. The maximum Gasteiger partial charge on any atom is 0.267 e. The third-order valence-corrected chi connectivity index (χ3v) is 6.16. The number of methoxy groups -OCH3 is 1. The van der Waals surface area contributed by atoms with Crippen LogP contribution in [0.15, 0.2) is 59.5 Å². The second-order valence-corrected chi connectivity index (χ2v) is 11.2. The van der Waals surface area contributed by atoms with Crippen LogP contribution < -0.4 is 14.8 Å². The van der Waals surface area contributed by atoms with Crippen LogP contribution in [0.4, 0.5) is 0 Å². The fraction of sp³-hybridized carbons (Fsp3) is 0.346. The summed E-state index contributed by atoms with van der Waals surface area (Å²) in [5.41, 5.74) is 0.681. The van der Waals surface area contributed by atoms with Gasteiger partial charge in [-0.15, -0.1) is 0 Å². The molecule has 0 fully saturated rings. The molecule has 3 aromatic rings. The van der Waals surface area contributed by atoms with Crippen molar-refractivity contribution in [2.45, 2.75) is 37.4 Å². The number of hydrogen-bond donors (Lipinski definition) is 3. The number of carbonyl (C=O) groups excluding carboxylic acids is 1. The van der Waals surface area contributed by atoms with Crippen LogP contribution in [0.2, 0.25) is 0 Å². The molecule has 194 valence electrons. The molecule has 10 heteroatoms. The molecule has 9 nitrogen and oxygen atoms in total. The highest BCUT2D eigenvalue weighted by Gasteiger charge is 2.17. The number of nitrogens with one attached hydrogen (secondary N) is 2. The van der Waals surface area contributed by atoms with E-state index in [0.29, 0.717) is 40.8 Å². The topological polar surface area (TPSA) is 127 Å². The number of hydrogen-bond acceptors (Lipinski definition) is 7. The van der Waals surface area contributed by atoms with Crippen molar-refractivity contribution in [3.63, 3.8) is 0 Å². The molecule has 0 radical (unpaired) electrons. The van der Waals surface area contributed by atoms with Crippen LogP contribution in [0, 0.1) is 0 Å². The summed E-state index contributed by atoms with van der Waals surface area (Å²) >= 11 is 0. The van der Waals surface area contributed by atoms with Gasteiger partial charge in [-0.05, 0) is 69.3 Å². The van der Waals surface area contributed by atoms with Crippen molar-refractivity contribution in [1.29, 1.82) is 0 Å². The van der Waals surface area contributed by atoms with E-state index in [1.165, 1.54) is 12.1 Å². The van der Waals surface area contributed by atoms with Gasteiger partial charge in [0.15, 0.2) is 9.84 Å². The zero-order valence-electron chi connectivity index (χ0n) is 21.0. The fourth-order valence-corrected chi connectivity index (χ4v) is 3.96. The van der Waals surface area contributed by atoms with Gasteiger partial charge in [-0.1, -0.05) is 0 Å². The van der Waals surface area contributed by atoms with Crippen LogP contribution in [-0.2, 0) is 14.6 Å². The first-order valence-corrected chi connectivity index (χ1v) is 13.2. The van der Waals surface area contributed by atoms with E-state index >= 15 is 0 Å². The second kappa shape index (κ2) is 11.2. The van der Waals surface area contributed by atoms with E-state index in [9.17, 15) is 18.3 Å². The summed E-state index contributed by atoms with van der Waals surface area (Å²) in [6.45, 7) is 5.60. The highest BCUT2D eigenvalue weighted by Crippen LogP contribution is 2.33. The molecule has 0 aliphatic rings. The smallest absolute Gasteiger partial charge is 0.267 e. The zero-order valence-corrected chi connectivity index (χ0v) is 21.8. The second-order valence-electron chi connectivity index (χ2n) is 9.20. The summed E-state index contributed by atoms with van der Waals surface area (Å²) in [5, 5.41) is 12.5. The molecular weight excluding hydrogens is 484 g/mol. The molecule has 1 atom stereocenters. The number of amides is 1.